The Bertz CT molecular complexity index is 605. The molecular formula is C13H14N2O2S2. The number of hydrogen-bond acceptors (Lipinski definition) is 5. The fraction of sp³-hybridized carbons (Fsp3) is 0.385. The van der Waals surface area contributed by atoms with Gasteiger partial charge in [-0.05, 0) is 29.9 Å². The lowest BCUT2D eigenvalue weighted by atomic mass is 10.0. The van der Waals surface area contributed by atoms with Crippen molar-refractivity contribution in [3.63, 3.8) is 0 Å². The second-order valence-corrected chi connectivity index (χ2v) is 6.30. The molecule has 1 N–H and O–H groups in total. The largest absolute Gasteiger partial charge is 0.479 e. The van der Waals surface area contributed by atoms with E-state index in [1.54, 1.807) is 11.3 Å². The summed E-state index contributed by atoms with van der Waals surface area (Å²) in [5, 5.41) is 14.3. The highest BCUT2D eigenvalue weighted by Crippen LogP contribution is 2.37. The number of carbonyl (C=O) groups is 1. The van der Waals surface area contributed by atoms with Gasteiger partial charge in [-0.3, -0.25) is 0 Å². The first-order chi connectivity index (χ1) is 9.20. The Kier molecular flexibility index (Phi) is 3.28. The van der Waals surface area contributed by atoms with Crippen LogP contribution in [0.1, 0.15) is 29.1 Å². The Morgan fingerprint density at radius 1 is 1.58 bits per heavy atom. The number of anilines is 1. The number of aryl methyl sites for hydroxylation is 1. The Morgan fingerprint density at radius 3 is 3.11 bits per heavy atom. The minimum atomic E-state index is -0.799. The van der Waals surface area contributed by atoms with Gasteiger partial charge in [-0.2, -0.15) is 0 Å². The normalized spacial score (nSPS) is 18.4. The van der Waals surface area contributed by atoms with Crippen molar-refractivity contribution in [2.75, 3.05) is 11.4 Å². The van der Waals surface area contributed by atoms with Crippen molar-refractivity contribution < 1.29 is 9.90 Å². The molecule has 0 spiro atoms. The van der Waals surface area contributed by atoms with Gasteiger partial charge in [0.05, 0.1) is 5.69 Å². The lowest BCUT2D eigenvalue weighted by molar-refractivity contribution is -0.138. The third-order valence-corrected chi connectivity index (χ3v) is 5.27. The van der Waals surface area contributed by atoms with E-state index in [9.17, 15) is 9.90 Å². The molecular weight excluding hydrogens is 280 g/mol. The molecule has 3 rings (SSSR count). The van der Waals surface area contributed by atoms with Crippen molar-refractivity contribution in [2.24, 2.45) is 0 Å². The maximum absolute atomic E-state index is 11.6. The molecule has 1 aliphatic rings. The molecule has 1 unspecified atom stereocenters. The highest BCUT2D eigenvalue weighted by Gasteiger charge is 2.35. The fourth-order valence-electron chi connectivity index (χ4n) is 2.38. The standard InChI is InChI=1S/C13H14N2O2S2/c1-2-8-7-19-13(14-8)15-5-3-10-9(4-6-18-10)11(15)12(16)17/h4,6-7,11H,2-3,5H2,1H3,(H,16,17). The Labute approximate surface area is 119 Å². The predicted molar refractivity (Wildman–Crippen MR) is 77.2 cm³/mol. The summed E-state index contributed by atoms with van der Waals surface area (Å²) in [6, 6.07) is 1.34. The quantitative estimate of drug-likeness (QED) is 0.945. The lowest BCUT2D eigenvalue weighted by Crippen LogP contribution is -2.39. The molecule has 1 atom stereocenters. The first-order valence-electron chi connectivity index (χ1n) is 6.20. The third kappa shape index (κ3) is 2.15. The second kappa shape index (κ2) is 4.94. The molecule has 100 valence electrons. The van der Waals surface area contributed by atoms with Crippen LogP contribution in [0.4, 0.5) is 5.13 Å². The average molecular weight is 294 g/mol. The van der Waals surface area contributed by atoms with Crippen molar-refractivity contribution in [3.05, 3.63) is 33.0 Å². The molecule has 3 heterocycles. The molecule has 2 aromatic rings. The molecule has 0 bridgehead atoms. The van der Waals surface area contributed by atoms with Crippen molar-refractivity contribution in [2.45, 2.75) is 25.8 Å². The monoisotopic (exact) mass is 294 g/mol. The fourth-order valence-corrected chi connectivity index (χ4v) is 4.25. The van der Waals surface area contributed by atoms with E-state index in [1.165, 1.54) is 16.2 Å². The number of rotatable bonds is 3. The van der Waals surface area contributed by atoms with Crippen molar-refractivity contribution in [1.82, 2.24) is 4.98 Å². The van der Waals surface area contributed by atoms with Crippen LogP contribution in [0, 0.1) is 0 Å². The molecule has 19 heavy (non-hydrogen) atoms. The number of thiophene rings is 1. The van der Waals surface area contributed by atoms with Gasteiger partial charge in [0.25, 0.3) is 0 Å². The van der Waals surface area contributed by atoms with Gasteiger partial charge in [-0.15, -0.1) is 22.7 Å². The number of thiazole rings is 1. The Morgan fingerprint density at radius 2 is 2.42 bits per heavy atom. The molecule has 4 nitrogen and oxygen atoms in total. The summed E-state index contributed by atoms with van der Waals surface area (Å²) in [5.41, 5.74) is 1.96. The zero-order valence-corrected chi connectivity index (χ0v) is 12.1. The topological polar surface area (TPSA) is 53.4 Å². The van der Waals surface area contributed by atoms with Crippen LogP contribution in [0.3, 0.4) is 0 Å². The SMILES string of the molecule is CCc1csc(N2CCc3sccc3C2C(=O)O)n1. The first kappa shape index (κ1) is 12.6. The lowest BCUT2D eigenvalue weighted by Gasteiger charge is -2.32. The van der Waals surface area contributed by atoms with Crippen molar-refractivity contribution in [1.29, 1.82) is 0 Å². The molecule has 2 aromatic heterocycles. The van der Waals surface area contributed by atoms with Crippen LogP contribution in [0.5, 0.6) is 0 Å². The van der Waals surface area contributed by atoms with Crippen molar-refractivity contribution in [3.8, 4) is 0 Å². The van der Waals surface area contributed by atoms with E-state index in [1.807, 2.05) is 21.7 Å². The van der Waals surface area contributed by atoms with Crippen LogP contribution in [-0.4, -0.2) is 22.6 Å². The summed E-state index contributed by atoms with van der Waals surface area (Å²) in [5.74, 6) is -0.799. The van der Waals surface area contributed by atoms with E-state index in [0.717, 1.165) is 35.8 Å². The van der Waals surface area contributed by atoms with Gasteiger partial charge in [0, 0.05) is 16.8 Å². The summed E-state index contributed by atoms with van der Waals surface area (Å²) in [6.45, 7) is 2.78. The minimum Gasteiger partial charge on any atom is -0.479 e. The van der Waals surface area contributed by atoms with Gasteiger partial charge in [-0.25, -0.2) is 9.78 Å². The van der Waals surface area contributed by atoms with Crippen LogP contribution in [0.2, 0.25) is 0 Å². The van der Waals surface area contributed by atoms with Gasteiger partial charge in [0.1, 0.15) is 0 Å². The molecule has 6 heteroatoms. The van der Waals surface area contributed by atoms with Crippen LogP contribution >= 0.6 is 22.7 Å². The van der Waals surface area contributed by atoms with Gasteiger partial charge < -0.3 is 10.0 Å². The number of aromatic nitrogens is 1. The van der Waals surface area contributed by atoms with E-state index < -0.39 is 12.0 Å². The van der Waals surface area contributed by atoms with E-state index in [0.29, 0.717) is 0 Å². The van der Waals surface area contributed by atoms with E-state index >= 15 is 0 Å². The molecule has 0 aliphatic carbocycles. The third-order valence-electron chi connectivity index (χ3n) is 3.35. The number of nitrogens with zero attached hydrogens (tertiary/aromatic N) is 2. The molecule has 0 radical (unpaired) electrons. The summed E-state index contributed by atoms with van der Waals surface area (Å²) in [7, 11) is 0. The highest BCUT2D eigenvalue weighted by molar-refractivity contribution is 7.13. The maximum Gasteiger partial charge on any atom is 0.331 e. The molecule has 0 fully saturated rings. The molecule has 0 saturated carbocycles. The van der Waals surface area contributed by atoms with Gasteiger partial charge in [0.2, 0.25) is 0 Å². The Hall–Kier alpha value is -1.40. The van der Waals surface area contributed by atoms with Gasteiger partial charge in [-0.1, -0.05) is 6.92 Å². The predicted octanol–water partition coefficient (Wildman–Crippen LogP) is 2.96. The summed E-state index contributed by atoms with van der Waals surface area (Å²) >= 11 is 3.18. The second-order valence-electron chi connectivity index (χ2n) is 4.46. The Balaban J connectivity index is 1.99. The summed E-state index contributed by atoms with van der Waals surface area (Å²) < 4.78 is 0. The molecule has 0 aromatic carbocycles. The highest BCUT2D eigenvalue weighted by atomic mass is 32.1. The minimum absolute atomic E-state index is 0.592. The van der Waals surface area contributed by atoms with Crippen LogP contribution < -0.4 is 4.90 Å². The van der Waals surface area contributed by atoms with E-state index in [2.05, 4.69) is 11.9 Å². The number of fused-ring (bicyclic) bond motifs is 1. The van der Waals surface area contributed by atoms with E-state index in [4.69, 9.17) is 0 Å². The van der Waals surface area contributed by atoms with E-state index in [-0.39, 0.29) is 0 Å². The summed E-state index contributed by atoms with van der Waals surface area (Å²) in [6.07, 6.45) is 1.78. The molecule has 0 amide bonds. The number of carboxylic acid groups (broad SMARTS) is 1. The van der Waals surface area contributed by atoms with Crippen LogP contribution in [-0.2, 0) is 17.6 Å². The molecule has 1 aliphatic heterocycles. The van der Waals surface area contributed by atoms with Crippen molar-refractivity contribution >= 4 is 33.8 Å². The number of carboxylic acids is 1. The van der Waals surface area contributed by atoms with Gasteiger partial charge >= 0.3 is 5.97 Å². The average Bonchev–Trinajstić information content (AvgIpc) is 3.05. The van der Waals surface area contributed by atoms with Gasteiger partial charge in [0.15, 0.2) is 11.2 Å². The van der Waals surface area contributed by atoms with Crippen LogP contribution in [0.25, 0.3) is 0 Å². The zero-order valence-electron chi connectivity index (χ0n) is 10.5. The number of aliphatic carboxylic acids is 1. The number of hydrogen-bond donors (Lipinski definition) is 1. The first-order valence-corrected chi connectivity index (χ1v) is 7.96. The smallest absolute Gasteiger partial charge is 0.331 e. The zero-order chi connectivity index (χ0) is 13.4. The maximum atomic E-state index is 11.6. The molecule has 0 saturated heterocycles. The summed E-state index contributed by atoms with van der Waals surface area (Å²) in [4.78, 5) is 19.3. The van der Waals surface area contributed by atoms with Crippen LogP contribution in [0.15, 0.2) is 16.8 Å².